The van der Waals surface area contributed by atoms with Crippen molar-refractivity contribution in [1.29, 1.82) is 0 Å². The molecule has 1 N–H and O–H groups in total. The van der Waals surface area contributed by atoms with Crippen LogP contribution in [0.5, 0.6) is 0 Å². The van der Waals surface area contributed by atoms with Gasteiger partial charge in [0.15, 0.2) is 0 Å². The van der Waals surface area contributed by atoms with Crippen LogP contribution in [0.25, 0.3) is 0 Å². The fourth-order valence-electron chi connectivity index (χ4n) is 0.408. The minimum Gasteiger partial charge on any atom is -0.315 e. The van der Waals surface area contributed by atoms with E-state index in [1.807, 2.05) is 0 Å². The summed E-state index contributed by atoms with van der Waals surface area (Å²) >= 11 is 0. The van der Waals surface area contributed by atoms with Gasteiger partial charge in [0.05, 0.1) is 0 Å². The van der Waals surface area contributed by atoms with E-state index in [9.17, 15) is 0 Å². The van der Waals surface area contributed by atoms with Crippen molar-refractivity contribution < 1.29 is 0 Å². The lowest BCUT2D eigenvalue weighted by Gasteiger charge is -2.00. The molecule has 0 aliphatic rings. The third kappa shape index (κ3) is 10.7. The number of nitrogens with one attached hydrogen (secondary N) is 1. The topological polar surface area (TPSA) is 12.0 Å². The van der Waals surface area contributed by atoms with Crippen molar-refractivity contribution in [3.8, 4) is 0 Å². The summed E-state index contributed by atoms with van der Waals surface area (Å²) in [5.41, 5.74) is 0. The summed E-state index contributed by atoms with van der Waals surface area (Å²) in [5.74, 6) is 0. The first-order valence-corrected chi connectivity index (χ1v) is 2.50. The van der Waals surface area contributed by atoms with E-state index in [0.29, 0.717) is 6.04 Å². The maximum absolute atomic E-state index is 3.21. The van der Waals surface area contributed by atoms with Crippen LogP contribution in [0, 0.1) is 0 Å². The van der Waals surface area contributed by atoms with Crippen molar-refractivity contribution in [1.82, 2.24) is 5.32 Å². The smallest absolute Gasteiger partial charge is 0.00102 e. The Kier molecular flexibility index (Phi) is 8.56. The van der Waals surface area contributed by atoms with Gasteiger partial charge in [-0.15, -0.1) is 0 Å². The Morgan fingerprint density at radius 1 is 1.43 bits per heavy atom. The van der Waals surface area contributed by atoms with Crippen LogP contribution in [-0.4, -0.2) is 12.6 Å². The average Bonchev–Trinajstić information content (AvgIpc) is 1.35. The summed E-state index contributed by atoms with van der Waals surface area (Å²) in [7, 11) is 0. The van der Waals surface area contributed by atoms with Crippen LogP contribution < -0.4 is 5.32 Å². The van der Waals surface area contributed by atoms with E-state index in [1.165, 1.54) is 0 Å². The molecule has 0 fully saturated rings. The molecule has 0 amide bonds. The highest BCUT2D eigenvalue weighted by Gasteiger charge is 1.82. The van der Waals surface area contributed by atoms with Gasteiger partial charge in [0, 0.05) is 6.04 Å². The molecule has 7 heavy (non-hydrogen) atoms. The van der Waals surface area contributed by atoms with Gasteiger partial charge in [-0.2, -0.15) is 0 Å². The van der Waals surface area contributed by atoms with Gasteiger partial charge in [-0.3, -0.25) is 0 Å². The number of hydrogen-bond acceptors (Lipinski definition) is 1. The summed E-state index contributed by atoms with van der Waals surface area (Å²) in [6.45, 7) is 7.48. The number of hydrogen-bond donors (Lipinski definition) is 1. The Morgan fingerprint density at radius 3 is 1.86 bits per heavy atom. The van der Waals surface area contributed by atoms with Crippen molar-refractivity contribution in [2.24, 2.45) is 0 Å². The lowest BCUT2D eigenvalue weighted by molar-refractivity contribution is 0.613. The molecule has 1 nitrogen and oxygen atoms in total. The Hall–Kier alpha value is -0.0400. The second kappa shape index (κ2) is 5.96. The molecule has 0 saturated heterocycles. The van der Waals surface area contributed by atoms with Crippen LogP contribution in [0.3, 0.4) is 0 Å². The maximum Gasteiger partial charge on any atom is 0.00102 e. The molecule has 0 heterocycles. The second-order valence-corrected chi connectivity index (χ2v) is 1.71. The van der Waals surface area contributed by atoms with Crippen molar-refractivity contribution in [2.45, 2.75) is 34.2 Å². The van der Waals surface area contributed by atoms with E-state index in [0.717, 1.165) is 6.54 Å². The molecule has 0 spiro atoms. The zero-order valence-corrected chi connectivity index (χ0v) is 4.78. The molecule has 0 aromatic heterocycles. The fourth-order valence-corrected chi connectivity index (χ4v) is 0.408. The lowest BCUT2D eigenvalue weighted by Crippen LogP contribution is -2.21. The first-order valence-electron chi connectivity index (χ1n) is 2.50. The highest BCUT2D eigenvalue weighted by atomic mass is 14.9. The summed E-state index contributed by atoms with van der Waals surface area (Å²) in [6.07, 6.45) is 0. The quantitative estimate of drug-likeness (QED) is 0.560. The van der Waals surface area contributed by atoms with Crippen molar-refractivity contribution in [3.63, 3.8) is 0 Å². The van der Waals surface area contributed by atoms with Gasteiger partial charge in [0.25, 0.3) is 0 Å². The molecule has 1 heteroatoms. The van der Waals surface area contributed by atoms with Crippen molar-refractivity contribution in [3.05, 3.63) is 0 Å². The Bertz CT molecular complexity index is 25.4. The maximum atomic E-state index is 3.21. The monoisotopic (exact) mass is 103 g/mol. The summed E-state index contributed by atoms with van der Waals surface area (Å²) < 4.78 is 0. The Labute approximate surface area is 47.1 Å². The van der Waals surface area contributed by atoms with Crippen LogP contribution in [0.15, 0.2) is 0 Å². The highest BCUT2D eigenvalue weighted by molar-refractivity contribution is 4.46. The molecule has 0 atom stereocenters. The molecule has 0 aromatic rings. The SMILES string of the molecule is C.CCNC(C)C. The van der Waals surface area contributed by atoms with E-state index >= 15 is 0 Å². The summed E-state index contributed by atoms with van der Waals surface area (Å²) in [5, 5.41) is 3.21. The minimum absolute atomic E-state index is 0. The van der Waals surface area contributed by atoms with Gasteiger partial charge < -0.3 is 5.32 Å². The molecule has 0 aliphatic heterocycles. The first kappa shape index (κ1) is 10.0. The van der Waals surface area contributed by atoms with E-state index in [4.69, 9.17) is 0 Å². The largest absolute Gasteiger partial charge is 0.315 e. The van der Waals surface area contributed by atoms with Gasteiger partial charge in [0.1, 0.15) is 0 Å². The predicted octanol–water partition coefficient (Wildman–Crippen LogP) is 1.64. The molecule has 46 valence electrons. The first-order chi connectivity index (χ1) is 2.77. The van der Waals surface area contributed by atoms with Crippen molar-refractivity contribution >= 4 is 0 Å². The van der Waals surface area contributed by atoms with Crippen LogP contribution in [-0.2, 0) is 0 Å². The average molecular weight is 103 g/mol. The normalized spacial score (nSPS) is 8.57. The lowest BCUT2D eigenvalue weighted by atomic mass is 10.4. The summed E-state index contributed by atoms with van der Waals surface area (Å²) in [6, 6.07) is 0.648. The van der Waals surface area contributed by atoms with Gasteiger partial charge in [-0.25, -0.2) is 0 Å². The Balaban J connectivity index is 0. The van der Waals surface area contributed by atoms with E-state index in [2.05, 4.69) is 26.1 Å². The third-order valence-corrected chi connectivity index (χ3v) is 0.612. The summed E-state index contributed by atoms with van der Waals surface area (Å²) in [4.78, 5) is 0. The second-order valence-electron chi connectivity index (χ2n) is 1.71. The molecule has 0 aliphatic carbocycles. The van der Waals surface area contributed by atoms with E-state index in [-0.39, 0.29) is 7.43 Å². The standard InChI is InChI=1S/C5H13N.CH4/c1-4-6-5(2)3;/h5-6H,4H2,1-3H3;1H4. The molecule has 0 unspecified atom stereocenters. The Morgan fingerprint density at radius 2 is 1.86 bits per heavy atom. The molecule has 0 bridgehead atoms. The fraction of sp³-hybridized carbons (Fsp3) is 1.00. The molecule has 0 aromatic carbocycles. The van der Waals surface area contributed by atoms with Gasteiger partial charge in [-0.1, -0.05) is 28.2 Å². The van der Waals surface area contributed by atoms with E-state index < -0.39 is 0 Å². The zero-order chi connectivity index (χ0) is 4.99. The molecule has 0 saturated carbocycles. The van der Waals surface area contributed by atoms with Crippen LogP contribution in [0.2, 0.25) is 0 Å². The molecular weight excluding hydrogens is 86.1 g/mol. The molecular formula is C6H17N. The third-order valence-electron chi connectivity index (χ3n) is 0.612. The van der Waals surface area contributed by atoms with Crippen LogP contribution in [0.4, 0.5) is 0 Å². The van der Waals surface area contributed by atoms with Crippen molar-refractivity contribution in [2.75, 3.05) is 6.54 Å². The van der Waals surface area contributed by atoms with E-state index in [1.54, 1.807) is 0 Å². The van der Waals surface area contributed by atoms with Crippen LogP contribution in [0.1, 0.15) is 28.2 Å². The minimum atomic E-state index is 0. The zero-order valence-electron chi connectivity index (χ0n) is 4.78. The van der Waals surface area contributed by atoms with Gasteiger partial charge in [-0.05, 0) is 6.54 Å². The van der Waals surface area contributed by atoms with Gasteiger partial charge in [0.2, 0.25) is 0 Å². The highest BCUT2D eigenvalue weighted by Crippen LogP contribution is 1.70. The molecule has 0 rings (SSSR count). The van der Waals surface area contributed by atoms with Crippen LogP contribution >= 0.6 is 0 Å². The molecule has 0 radical (unpaired) electrons. The predicted molar refractivity (Wildman–Crippen MR) is 35.5 cm³/mol. The van der Waals surface area contributed by atoms with Gasteiger partial charge >= 0.3 is 0 Å². The number of rotatable bonds is 2.